The van der Waals surface area contributed by atoms with Crippen LogP contribution in [0.5, 0.6) is 0 Å². The van der Waals surface area contributed by atoms with E-state index < -0.39 is 10.0 Å². The first-order chi connectivity index (χ1) is 10.9. The lowest BCUT2D eigenvalue weighted by atomic mass is 10.1. The summed E-state index contributed by atoms with van der Waals surface area (Å²) in [6.45, 7) is 7.21. The van der Waals surface area contributed by atoms with Gasteiger partial charge in [0.1, 0.15) is 0 Å². The Morgan fingerprint density at radius 1 is 1.04 bits per heavy atom. The highest BCUT2D eigenvalue weighted by Gasteiger charge is 2.24. The number of nitrogens with zero attached hydrogens (tertiary/aromatic N) is 3. The van der Waals surface area contributed by atoms with Gasteiger partial charge in [0, 0.05) is 44.5 Å². The van der Waals surface area contributed by atoms with E-state index in [1.807, 2.05) is 0 Å². The monoisotopic (exact) mass is 337 g/mol. The van der Waals surface area contributed by atoms with E-state index in [9.17, 15) is 8.42 Å². The van der Waals surface area contributed by atoms with Gasteiger partial charge >= 0.3 is 0 Å². The van der Waals surface area contributed by atoms with E-state index in [0.717, 1.165) is 19.6 Å². The van der Waals surface area contributed by atoms with Crippen molar-refractivity contribution in [1.82, 2.24) is 9.21 Å². The van der Waals surface area contributed by atoms with Gasteiger partial charge in [0.25, 0.3) is 0 Å². The van der Waals surface area contributed by atoms with Gasteiger partial charge in [0.05, 0.1) is 6.26 Å². The number of hydrogen-bond donors (Lipinski definition) is 0. The molecule has 2 saturated heterocycles. The number of anilines is 1. The van der Waals surface area contributed by atoms with E-state index in [4.69, 9.17) is 0 Å². The third-order valence-electron chi connectivity index (χ3n) is 5.09. The molecule has 128 valence electrons. The fraction of sp³-hybridized carbons (Fsp3) is 0.647. The lowest BCUT2D eigenvalue weighted by molar-refractivity contribution is 0.260. The molecule has 1 aromatic rings. The Balaban J connectivity index is 1.58. The number of sulfonamides is 1. The maximum atomic E-state index is 11.6. The van der Waals surface area contributed by atoms with Crippen molar-refractivity contribution in [2.45, 2.75) is 32.4 Å². The van der Waals surface area contributed by atoms with Crippen LogP contribution >= 0.6 is 0 Å². The molecule has 0 spiro atoms. The molecule has 0 aliphatic carbocycles. The number of benzene rings is 1. The fourth-order valence-electron chi connectivity index (χ4n) is 3.55. The minimum atomic E-state index is -3.06. The van der Waals surface area contributed by atoms with Crippen LogP contribution in [0.2, 0.25) is 0 Å². The zero-order valence-electron chi connectivity index (χ0n) is 14.1. The Kier molecular flexibility index (Phi) is 4.94. The third kappa shape index (κ3) is 4.05. The first kappa shape index (κ1) is 16.7. The van der Waals surface area contributed by atoms with Crippen molar-refractivity contribution in [2.24, 2.45) is 0 Å². The minimum absolute atomic E-state index is 0.575. The third-order valence-corrected chi connectivity index (χ3v) is 6.39. The zero-order chi connectivity index (χ0) is 16.4. The van der Waals surface area contributed by atoms with Crippen LogP contribution in [0.15, 0.2) is 24.3 Å². The second-order valence-corrected chi connectivity index (χ2v) is 8.76. The Hall–Kier alpha value is -1.11. The lowest BCUT2D eigenvalue weighted by Crippen LogP contribution is -2.48. The molecule has 1 unspecified atom stereocenters. The van der Waals surface area contributed by atoms with E-state index in [0.29, 0.717) is 19.1 Å². The van der Waals surface area contributed by atoms with Crippen LogP contribution in [0.4, 0.5) is 5.69 Å². The van der Waals surface area contributed by atoms with Crippen molar-refractivity contribution in [3.05, 3.63) is 29.8 Å². The molecule has 1 aromatic carbocycles. The highest BCUT2D eigenvalue weighted by molar-refractivity contribution is 7.88. The molecule has 1 atom stereocenters. The summed E-state index contributed by atoms with van der Waals surface area (Å²) in [6, 6.07) is 9.46. The SMILES string of the molecule is CC1CCCN1Cc1ccc(N2CCN(S(C)(=O)=O)CC2)cc1. The fourth-order valence-corrected chi connectivity index (χ4v) is 4.38. The lowest BCUT2D eigenvalue weighted by Gasteiger charge is -2.34. The molecular formula is C17H27N3O2S. The van der Waals surface area contributed by atoms with Crippen LogP contribution in [-0.4, -0.2) is 62.6 Å². The van der Waals surface area contributed by atoms with E-state index in [1.54, 1.807) is 4.31 Å². The van der Waals surface area contributed by atoms with Crippen molar-refractivity contribution in [3.8, 4) is 0 Å². The predicted octanol–water partition coefficient (Wildman–Crippen LogP) is 1.75. The van der Waals surface area contributed by atoms with E-state index in [2.05, 4.69) is 41.0 Å². The second kappa shape index (κ2) is 6.79. The predicted molar refractivity (Wildman–Crippen MR) is 94.2 cm³/mol. The van der Waals surface area contributed by atoms with E-state index in [1.165, 1.54) is 36.9 Å². The number of hydrogen-bond acceptors (Lipinski definition) is 4. The Bertz CT molecular complexity index is 622. The number of likely N-dealkylation sites (tertiary alicyclic amines) is 1. The molecule has 0 radical (unpaired) electrons. The molecule has 0 saturated carbocycles. The van der Waals surface area contributed by atoms with Gasteiger partial charge in [-0.05, 0) is 44.0 Å². The van der Waals surface area contributed by atoms with Crippen molar-refractivity contribution in [3.63, 3.8) is 0 Å². The van der Waals surface area contributed by atoms with Crippen LogP contribution in [-0.2, 0) is 16.6 Å². The van der Waals surface area contributed by atoms with Crippen LogP contribution in [0.25, 0.3) is 0 Å². The van der Waals surface area contributed by atoms with Gasteiger partial charge in [0.15, 0.2) is 0 Å². The van der Waals surface area contributed by atoms with Gasteiger partial charge in [-0.2, -0.15) is 4.31 Å². The molecular weight excluding hydrogens is 310 g/mol. The van der Waals surface area contributed by atoms with Gasteiger partial charge in [-0.25, -0.2) is 8.42 Å². The van der Waals surface area contributed by atoms with Gasteiger partial charge in [0.2, 0.25) is 10.0 Å². The van der Waals surface area contributed by atoms with Gasteiger partial charge in [-0.3, -0.25) is 4.90 Å². The topological polar surface area (TPSA) is 43.9 Å². The maximum absolute atomic E-state index is 11.6. The standard InChI is InChI=1S/C17H27N3O2S/c1-15-4-3-9-19(15)14-16-5-7-17(8-6-16)18-10-12-20(13-11-18)23(2,21)22/h5-8,15H,3-4,9-14H2,1-2H3. The molecule has 3 rings (SSSR count). The van der Waals surface area contributed by atoms with Gasteiger partial charge in [-0.15, -0.1) is 0 Å². The second-order valence-electron chi connectivity index (χ2n) is 6.78. The Morgan fingerprint density at radius 2 is 1.70 bits per heavy atom. The van der Waals surface area contributed by atoms with Crippen molar-refractivity contribution >= 4 is 15.7 Å². The molecule has 2 aliphatic heterocycles. The molecule has 0 N–H and O–H groups in total. The van der Waals surface area contributed by atoms with Crippen molar-refractivity contribution < 1.29 is 8.42 Å². The number of rotatable bonds is 4. The molecule has 0 amide bonds. The molecule has 0 bridgehead atoms. The summed E-state index contributed by atoms with van der Waals surface area (Å²) in [5.74, 6) is 0. The highest BCUT2D eigenvalue weighted by atomic mass is 32.2. The molecule has 2 aliphatic rings. The molecule has 2 fully saturated rings. The Morgan fingerprint density at radius 3 is 2.22 bits per heavy atom. The minimum Gasteiger partial charge on any atom is -0.369 e. The van der Waals surface area contributed by atoms with Crippen molar-refractivity contribution in [1.29, 1.82) is 0 Å². The summed E-state index contributed by atoms with van der Waals surface area (Å²) in [5, 5.41) is 0. The average molecular weight is 337 g/mol. The maximum Gasteiger partial charge on any atom is 0.211 e. The average Bonchev–Trinajstić information content (AvgIpc) is 2.93. The summed E-state index contributed by atoms with van der Waals surface area (Å²) in [7, 11) is -3.06. The van der Waals surface area contributed by atoms with E-state index in [-0.39, 0.29) is 0 Å². The smallest absolute Gasteiger partial charge is 0.211 e. The highest BCUT2D eigenvalue weighted by Crippen LogP contribution is 2.22. The van der Waals surface area contributed by atoms with Gasteiger partial charge < -0.3 is 4.90 Å². The molecule has 5 nitrogen and oxygen atoms in total. The molecule has 23 heavy (non-hydrogen) atoms. The van der Waals surface area contributed by atoms with Crippen molar-refractivity contribution in [2.75, 3.05) is 43.9 Å². The Labute approximate surface area is 139 Å². The van der Waals surface area contributed by atoms with Crippen LogP contribution < -0.4 is 4.90 Å². The van der Waals surface area contributed by atoms with E-state index >= 15 is 0 Å². The molecule has 2 heterocycles. The zero-order valence-corrected chi connectivity index (χ0v) is 14.9. The quantitative estimate of drug-likeness (QED) is 0.840. The first-order valence-electron chi connectivity index (χ1n) is 8.46. The first-order valence-corrected chi connectivity index (χ1v) is 10.3. The van der Waals surface area contributed by atoms with Crippen LogP contribution in [0, 0.1) is 0 Å². The summed E-state index contributed by atoms with van der Waals surface area (Å²) in [5.41, 5.74) is 2.55. The van der Waals surface area contributed by atoms with Crippen LogP contribution in [0.3, 0.4) is 0 Å². The normalized spacial score (nSPS) is 24.3. The molecule has 0 aromatic heterocycles. The number of piperazine rings is 1. The molecule has 6 heteroatoms. The summed E-state index contributed by atoms with van der Waals surface area (Å²) in [6.07, 6.45) is 3.91. The summed E-state index contributed by atoms with van der Waals surface area (Å²) in [4.78, 5) is 4.81. The largest absolute Gasteiger partial charge is 0.369 e. The summed E-state index contributed by atoms with van der Waals surface area (Å²) < 4.78 is 24.7. The van der Waals surface area contributed by atoms with Gasteiger partial charge in [-0.1, -0.05) is 12.1 Å². The van der Waals surface area contributed by atoms with Crippen LogP contribution in [0.1, 0.15) is 25.3 Å². The summed E-state index contributed by atoms with van der Waals surface area (Å²) >= 11 is 0.